The molecule has 1 N–H and O–H groups in total. The van der Waals surface area contributed by atoms with Gasteiger partial charge in [0.1, 0.15) is 6.42 Å². The van der Waals surface area contributed by atoms with Gasteiger partial charge in [0.05, 0.1) is 11.1 Å². The minimum atomic E-state index is -1.12. The second-order valence-electron chi connectivity index (χ2n) is 2.46. The molecule has 0 saturated heterocycles. The molecule has 0 bridgehead atoms. The van der Waals surface area contributed by atoms with Gasteiger partial charge in [0, 0.05) is 6.07 Å². The van der Waals surface area contributed by atoms with E-state index in [4.69, 9.17) is 16.7 Å². The van der Waals surface area contributed by atoms with E-state index in [0.717, 1.165) is 6.07 Å². The Kier molecular flexibility index (Phi) is 2.98. The van der Waals surface area contributed by atoms with E-state index in [1.54, 1.807) is 0 Å². The van der Waals surface area contributed by atoms with E-state index in [0.29, 0.717) is 0 Å². The summed E-state index contributed by atoms with van der Waals surface area (Å²) in [6.45, 7) is 0. The SMILES string of the molecule is O=C(O)Cc1cc(Cl)cc([N+](=O)[O-])n1. The lowest BCUT2D eigenvalue weighted by molar-refractivity contribution is -0.389. The van der Waals surface area contributed by atoms with Gasteiger partial charge in [-0.2, -0.15) is 0 Å². The minimum absolute atomic E-state index is 0.0664. The molecule has 0 unspecified atom stereocenters. The van der Waals surface area contributed by atoms with Crippen LogP contribution in [0.25, 0.3) is 0 Å². The van der Waals surface area contributed by atoms with Crippen molar-refractivity contribution in [1.29, 1.82) is 0 Å². The van der Waals surface area contributed by atoms with E-state index < -0.39 is 16.7 Å². The second-order valence-corrected chi connectivity index (χ2v) is 2.90. The maximum atomic E-state index is 10.3. The van der Waals surface area contributed by atoms with Crippen molar-refractivity contribution in [2.75, 3.05) is 0 Å². The number of rotatable bonds is 3. The fourth-order valence-corrected chi connectivity index (χ4v) is 1.10. The van der Waals surface area contributed by atoms with Crippen LogP contribution in [0.4, 0.5) is 5.82 Å². The van der Waals surface area contributed by atoms with E-state index in [1.165, 1.54) is 6.07 Å². The van der Waals surface area contributed by atoms with Crippen molar-refractivity contribution >= 4 is 23.4 Å². The molecule has 1 aromatic heterocycles. The van der Waals surface area contributed by atoms with Gasteiger partial charge in [0.15, 0.2) is 5.69 Å². The summed E-state index contributed by atoms with van der Waals surface area (Å²) >= 11 is 5.54. The fourth-order valence-electron chi connectivity index (χ4n) is 0.875. The maximum absolute atomic E-state index is 10.3. The normalized spacial score (nSPS) is 9.79. The van der Waals surface area contributed by atoms with E-state index in [1.807, 2.05) is 0 Å². The summed E-state index contributed by atoms with van der Waals surface area (Å²) in [6.07, 6.45) is -0.388. The standard InChI is InChI=1S/C7H5ClN2O4/c8-4-1-5(3-7(11)12)9-6(2-4)10(13)14/h1-2H,3H2,(H,11,12). The minimum Gasteiger partial charge on any atom is -0.481 e. The highest BCUT2D eigenvalue weighted by atomic mass is 35.5. The molecule has 0 amide bonds. The number of hydrogen-bond acceptors (Lipinski definition) is 4. The number of carbonyl (C=O) groups is 1. The summed E-state index contributed by atoms with van der Waals surface area (Å²) in [6, 6.07) is 2.34. The Morgan fingerprint density at radius 1 is 1.64 bits per heavy atom. The largest absolute Gasteiger partial charge is 0.481 e. The Bertz CT molecular complexity index is 393. The first-order valence-corrected chi connectivity index (χ1v) is 3.89. The second kappa shape index (κ2) is 4.01. The Morgan fingerprint density at radius 3 is 2.79 bits per heavy atom. The first-order valence-electron chi connectivity index (χ1n) is 3.51. The summed E-state index contributed by atoms with van der Waals surface area (Å²) in [5.41, 5.74) is 0.0664. The fraction of sp³-hybridized carbons (Fsp3) is 0.143. The quantitative estimate of drug-likeness (QED) is 0.607. The predicted molar refractivity (Wildman–Crippen MR) is 47.2 cm³/mol. The lowest BCUT2D eigenvalue weighted by Gasteiger charge is -1.95. The van der Waals surface area contributed by atoms with Gasteiger partial charge in [-0.1, -0.05) is 11.6 Å². The molecule has 1 aromatic rings. The molecule has 1 rings (SSSR count). The maximum Gasteiger partial charge on any atom is 0.365 e. The number of nitrogens with zero attached hydrogens (tertiary/aromatic N) is 2. The van der Waals surface area contributed by atoms with Crippen LogP contribution in [0.3, 0.4) is 0 Å². The van der Waals surface area contributed by atoms with Gasteiger partial charge in [-0.25, -0.2) is 0 Å². The summed E-state index contributed by atoms with van der Waals surface area (Å²) in [4.78, 5) is 23.4. The molecule has 0 aliphatic rings. The number of halogens is 1. The third-order valence-corrected chi connectivity index (χ3v) is 1.57. The Hall–Kier alpha value is -1.69. The zero-order chi connectivity index (χ0) is 10.7. The van der Waals surface area contributed by atoms with Crippen molar-refractivity contribution in [3.8, 4) is 0 Å². The molecular formula is C7H5ClN2O4. The van der Waals surface area contributed by atoms with Crippen LogP contribution in [-0.4, -0.2) is 21.0 Å². The lowest BCUT2D eigenvalue weighted by atomic mass is 10.3. The number of carboxylic acid groups (broad SMARTS) is 1. The van der Waals surface area contributed by atoms with Crippen LogP contribution >= 0.6 is 11.6 Å². The van der Waals surface area contributed by atoms with E-state index >= 15 is 0 Å². The van der Waals surface area contributed by atoms with Gasteiger partial charge in [0.25, 0.3) is 0 Å². The third kappa shape index (κ3) is 2.67. The highest BCUT2D eigenvalue weighted by Crippen LogP contribution is 2.17. The molecule has 0 aliphatic carbocycles. The van der Waals surface area contributed by atoms with Crippen molar-refractivity contribution in [3.63, 3.8) is 0 Å². The van der Waals surface area contributed by atoms with Gasteiger partial charge >= 0.3 is 11.8 Å². The number of nitro groups is 1. The molecule has 0 fully saturated rings. The van der Waals surface area contributed by atoms with Crippen LogP contribution in [0.15, 0.2) is 12.1 Å². The Morgan fingerprint density at radius 2 is 2.29 bits per heavy atom. The number of carboxylic acids is 1. The number of hydrogen-bond donors (Lipinski definition) is 1. The Balaban J connectivity index is 3.07. The lowest BCUT2D eigenvalue weighted by Crippen LogP contribution is -2.04. The van der Waals surface area contributed by atoms with Gasteiger partial charge in [-0.3, -0.25) is 4.79 Å². The Labute approximate surface area is 83.3 Å². The van der Waals surface area contributed by atoms with Crippen molar-refractivity contribution in [3.05, 3.63) is 33.0 Å². The molecule has 7 heteroatoms. The molecule has 0 aliphatic heterocycles. The monoisotopic (exact) mass is 216 g/mol. The van der Waals surface area contributed by atoms with E-state index in [9.17, 15) is 14.9 Å². The number of aliphatic carboxylic acids is 1. The molecule has 0 saturated carbocycles. The number of pyridine rings is 1. The summed E-state index contributed by atoms with van der Waals surface area (Å²) in [5, 5.41) is 18.9. The number of aromatic nitrogens is 1. The first-order chi connectivity index (χ1) is 6.49. The van der Waals surface area contributed by atoms with Gasteiger partial charge in [-0.15, -0.1) is 0 Å². The van der Waals surface area contributed by atoms with Gasteiger partial charge < -0.3 is 15.2 Å². The molecule has 6 nitrogen and oxygen atoms in total. The van der Waals surface area contributed by atoms with E-state index in [-0.39, 0.29) is 17.1 Å². The summed E-state index contributed by atoms with van der Waals surface area (Å²) in [5.74, 6) is -1.57. The van der Waals surface area contributed by atoms with Gasteiger partial charge in [0.2, 0.25) is 0 Å². The predicted octanol–water partition coefficient (Wildman–Crippen LogP) is 1.27. The molecule has 1 heterocycles. The third-order valence-electron chi connectivity index (χ3n) is 1.35. The molecule has 0 aromatic carbocycles. The van der Waals surface area contributed by atoms with Crippen LogP contribution in [0.2, 0.25) is 5.02 Å². The topological polar surface area (TPSA) is 93.3 Å². The van der Waals surface area contributed by atoms with Crippen LogP contribution < -0.4 is 0 Å². The van der Waals surface area contributed by atoms with Crippen molar-refractivity contribution < 1.29 is 14.8 Å². The summed E-state index contributed by atoms with van der Waals surface area (Å²) < 4.78 is 0. The molecule has 0 atom stereocenters. The smallest absolute Gasteiger partial charge is 0.365 e. The first kappa shape index (κ1) is 10.4. The van der Waals surface area contributed by atoms with E-state index in [2.05, 4.69) is 4.98 Å². The molecule has 0 radical (unpaired) electrons. The van der Waals surface area contributed by atoms with Crippen molar-refractivity contribution in [2.45, 2.75) is 6.42 Å². The average molecular weight is 217 g/mol. The van der Waals surface area contributed by atoms with Crippen LogP contribution in [-0.2, 0) is 11.2 Å². The average Bonchev–Trinajstić information content (AvgIpc) is 2.01. The van der Waals surface area contributed by atoms with Crippen molar-refractivity contribution in [1.82, 2.24) is 4.98 Å². The zero-order valence-corrected chi connectivity index (χ0v) is 7.56. The van der Waals surface area contributed by atoms with Crippen LogP contribution in [0, 0.1) is 10.1 Å². The highest BCUT2D eigenvalue weighted by molar-refractivity contribution is 6.30. The van der Waals surface area contributed by atoms with Gasteiger partial charge in [-0.05, 0) is 9.91 Å². The van der Waals surface area contributed by atoms with Crippen LogP contribution in [0.1, 0.15) is 5.69 Å². The molecule has 74 valence electrons. The molecular weight excluding hydrogens is 212 g/mol. The van der Waals surface area contributed by atoms with Crippen molar-refractivity contribution in [2.24, 2.45) is 0 Å². The zero-order valence-electron chi connectivity index (χ0n) is 6.81. The van der Waals surface area contributed by atoms with Crippen LogP contribution in [0.5, 0.6) is 0 Å². The summed E-state index contributed by atoms with van der Waals surface area (Å²) in [7, 11) is 0. The molecule has 0 spiro atoms. The molecule has 14 heavy (non-hydrogen) atoms. The highest BCUT2D eigenvalue weighted by Gasteiger charge is 2.14.